The molecule has 3 aliphatic heterocycles. The van der Waals surface area contributed by atoms with E-state index in [9.17, 15) is 9.59 Å². The maximum atomic E-state index is 12.5. The van der Waals surface area contributed by atoms with Crippen LogP contribution < -0.4 is 21.0 Å². The molecule has 11 heteroatoms. The van der Waals surface area contributed by atoms with Crippen molar-refractivity contribution in [3.63, 3.8) is 0 Å². The summed E-state index contributed by atoms with van der Waals surface area (Å²) in [5.74, 6) is 1.39. The number of anilines is 1. The standard InChI is InChI=1S/C25H37Cl2N7O2/c1-18-16-34(20-4-5-21(26)22(27)15-20)31-24(18)30-23(35)3-2-8-29-25(36)33-13-11-32(12-14-33)17-19-6-9-28-10-7-19/h4-5,15,18-19,28H,2-3,6-14,16-17H2,1H3,(H,29,36)(H,30,31,35). The summed E-state index contributed by atoms with van der Waals surface area (Å²) >= 11 is 12.1. The average Bonchev–Trinajstić information content (AvgIpc) is 3.24. The third-order valence-corrected chi connectivity index (χ3v) is 7.84. The molecule has 3 N–H and O–H groups in total. The number of hydrogen-bond donors (Lipinski definition) is 3. The zero-order valence-corrected chi connectivity index (χ0v) is 22.5. The first-order valence-electron chi connectivity index (χ1n) is 13.0. The highest BCUT2D eigenvalue weighted by atomic mass is 35.5. The zero-order chi connectivity index (χ0) is 25.5. The van der Waals surface area contributed by atoms with Crippen LogP contribution in [0.25, 0.3) is 0 Å². The Morgan fingerprint density at radius 3 is 2.58 bits per heavy atom. The molecule has 0 radical (unpaired) electrons. The van der Waals surface area contributed by atoms with Gasteiger partial charge in [0, 0.05) is 51.6 Å². The number of urea groups is 1. The van der Waals surface area contributed by atoms with E-state index < -0.39 is 0 Å². The molecule has 0 bridgehead atoms. The van der Waals surface area contributed by atoms with E-state index in [1.54, 1.807) is 12.1 Å². The molecule has 0 saturated carbocycles. The molecule has 36 heavy (non-hydrogen) atoms. The summed E-state index contributed by atoms with van der Waals surface area (Å²) in [6, 6.07) is 5.32. The molecule has 2 saturated heterocycles. The predicted molar refractivity (Wildman–Crippen MR) is 145 cm³/mol. The highest BCUT2D eigenvalue weighted by molar-refractivity contribution is 6.42. The molecular formula is C25H37Cl2N7O2. The van der Waals surface area contributed by atoms with E-state index in [2.05, 4.69) is 26.0 Å². The van der Waals surface area contributed by atoms with E-state index in [4.69, 9.17) is 23.2 Å². The number of rotatable bonds is 7. The van der Waals surface area contributed by atoms with Crippen molar-refractivity contribution in [2.75, 3.05) is 63.9 Å². The van der Waals surface area contributed by atoms with Crippen molar-refractivity contribution in [3.05, 3.63) is 28.2 Å². The monoisotopic (exact) mass is 537 g/mol. The van der Waals surface area contributed by atoms with Gasteiger partial charge in [-0.25, -0.2) is 4.79 Å². The summed E-state index contributed by atoms with van der Waals surface area (Å²) in [6.45, 7) is 9.88. The lowest BCUT2D eigenvalue weighted by atomic mass is 9.97. The van der Waals surface area contributed by atoms with E-state index in [0.717, 1.165) is 57.4 Å². The number of nitrogens with zero attached hydrogens (tertiary/aromatic N) is 4. The van der Waals surface area contributed by atoms with Gasteiger partial charge < -0.3 is 20.9 Å². The lowest BCUT2D eigenvalue weighted by molar-refractivity contribution is -0.119. The topological polar surface area (TPSA) is 92.3 Å². The van der Waals surface area contributed by atoms with Crippen LogP contribution in [-0.2, 0) is 4.79 Å². The number of piperidine rings is 1. The number of piperazine rings is 1. The van der Waals surface area contributed by atoms with Crippen molar-refractivity contribution in [2.24, 2.45) is 16.9 Å². The van der Waals surface area contributed by atoms with Crippen LogP contribution in [-0.4, -0.2) is 86.5 Å². The molecule has 3 amide bonds. The van der Waals surface area contributed by atoms with E-state index in [-0.39, 0.29) is 17.9 Å². The Morgan fingerprint density at radius 1 is 1.11 bits per heavy atom. The largest absolute Gasteiger partial charge is 0.338 e. The lowest BCUT2D eigenvalue weighted by Crippen LogP contribution is -2.53. The molecule has 0 spiro atoms. The third-order valence-electron chi connectivity index (χ3n) is 7.10. The molecule has 4 rings (SSSR count). The van der Waals surface area contributed by atoms with Crippen LogP contribution in [0.2, 0.25) is 10.0 Å². The summed E-state index contributed by atoms with van der Waals surface area (Å²) in [7, 11) is 0. The van der Waals surface area contributed by atoms with Gasteiger partial charge >= 0.3 is 6.03 Å². The van der Waals surface area contributed by atoms with Gasteiger partial charge in [0.25, 0.3) is 0 Å². The third kappa shape index (κ3) is 7.47. The lowest BCUT2D eigenvalue weighted by Gasteiger charge is -2.37. The number of amidine groups is 1. The van der Waals surface area contributed by atoms with Gasteiger partial charge in [0.2, 0.25) is 5.91 Å². The second-order valence-electron chi connectivity index (χ2n) is 9.93. The van der Waals surface area contributed by atoms with Gasteiger partial charge in [0.1, 0.15) is 5.84 Å². The van der Waals surface area contributed by atoms with Crippen LogP contribution in [0.15, 0.2) is 23.3 Å². The molecule has 3 aliphatic rings. The summed E-state index contributed by atoms with van der Waals surface area (Å²) < 4.78 is 0. The predicted octanol–water partition coefficient (Wildman–Crippen LogP) is 2.99. The Hall–Kier alpha value is -2.07. The van der Waals surface area contributed by atoms with Crippen molar-refractivity contribution in [1.82, 2.24) is 25.8 Å². The van der Waals surface area contributed by atoms with Gasteiger partial charge in [-0.3, -0.25) is 14.7 Å². The van der Waals surface area contributed by atoms with Gasteiger partial charge in [0.05, 0.1) is 22.3 Å². The number of benzene rings is 1. The van der Waals surface area contributed by atoms with Gasteiger partial charge in [-0.05, 0) is 56.5 Å². The second-order valence-corrected chi connectivity index (χ2v) is 10.7. The summed E-state index contributed by atoms with van der Waals surface area (Å²) in [5.41, 5.74) is 0.829. The second kappa shape index (κ2) is 12.9. The number of hydrogen-bond acceptors (Lipinski definition) is 6. The summed E-state index contributed by atoms with van der Waals surface area (Å²) in [4.78, 5) is 29.3. The Balaban J connectivity index is 1.12. The van der Waals surface area contributed by atoms with E-state index in [0.29, 0.717) is 41.8 Å². The number of amides is 3. The summed E-state index contributed by atoms with van der Waals surface area (Å²) in [6.07, 6.45) is 3.39. The SMILES string of the molecule is CC1CN(c2ccc(Cl)c(Cl)c2)N=C1NC(=O)CCCNC(=O)N1CCN(CC2CCNCC2)CC1. The molecule has 3 heterocycles. The molecule has 0 aliphatic carbocycles. The van der Waals surface area contributed by atoms with Crippen molar-refractivity contribution in [1.29, 1.82) is 0 Å². The van der Waals surface area contributed by atoms with Crippen molar-refractivity contribution in [3.8, 4) is 0 Å². The zero-order valence-electron chi connectivity index (χ0n) is 20.9. The minimum atomic E-state index is -0.0997. The Bertz CT molecular complexity index is 946. The van der Waals surface area contributed by atoms with Crippen LogP contribution in [0.1, 0.15) is 32.6 Å². The first-order chi connectivity index (χ1) is 17.4. The Morgan fingerprint density at radius 2 is 1.86 bits per heavy atom. The number of hydrazone groups is 1. The fraction of sp³-hybridized carbons (Fsp3) is 0.640. The highest BCUT2D eigenvalue weighted by Gasteiger charge is 2.26. The van der Waals surface area contributed by atoms with Crippen LogP contribution >= 0.6 is 23.2 Å². The first-order valence-corrected chi connectivity index (χ1v) is 13.7. The van der Waals surface area contributed by atoms with Crippen LogP contribution in [0.3, 0.4) is 0 Å². The van der Waals surface area contributed by atoms with Crippen molar-refractivity contribution >= 4 is 46.7 Å². The normalized spacial score (nSPS) is 21.4. The molecule has 1 unspecified atom stereocenters. The van der Waals surface area contributed by atoms with Crippen molar-refractivity contribution in [2.45, 2.75) is 32.6 Å². The summed E-state index contributed by atoms with van der Waals surface area (Å²) in [5, 5.41) is 16.6. The van der Waals surface area contributed by atoms with E-state index in [1.165, 1.54) is 12.8 Å². The van der Waals surface area contributed by atoms with Crippen LogP contribution in [0.4, 0.5) is 10.5 Å². The van der Waals surface area contributed by atoms with Crippen LogP contribution in [0, 0.1) is 11.8 Å². The minimum Gasteiger partial charge on any atom is -0.338 e. The van der Waals surface area contributed by atoms with Crippen molar-refractivity contribution < 1.29 is 9.59 Å². The molecule has 1 atom stereocenters. The molecule has 198 valence electrons. The fourth-order valence-electron chi connectivity index (χ4n) is 4.90. The maximum absolute atomic E-state index is 12.5. The van der Waals surface area contributed by atoms with Gasteiger partial charge in [0.15, 0.2) is 0 Å². The molecule has 2 fully saturated rings. The maximum Gasteiger partial charge on any atom is 0.317 e. The quantitative estimate of drug-likeness (QED) is 0.465. The average molecular weight is 539 g/mol. The number of halogens is 2. The molecular weight excluding hydrogens is 501 g/mol. The van der Waals surface area contributed by atoms with Gasteiger partial charge in [-0.1, -0.05) is 30.1 Å². The van der Waals surface area contributed by atoms with Crippen LogP contribution in [0.5, 0.6) is 0 Å². The number of carbonyl (C=O) groups is 2. The van der Waals surface area contributed by atoms with Gasteiger partial charge in [-0.2, -0.15) is 5.10 Å². The molecule has 1 aromatic carbocycles. The molecule has 1 aromatic rings. The first kappa shape index (κ1) is 27.0. The molecule has 9 nitrogen and oxygen atoms in total. The van der Waals surface area contributed by atoms with E-state index in [1.807, 2.05) is 22.9 Å². The minimum absolute atomic E-state index is 0.0389. The van der Waals surface area contributed by atoms with E-state index >= 15 is 0 Å². The number of carbonyl (C=O) groups excluding carboxylic acids is 2. The van der Waals surface area contributed by atoms with Gasteiger partial charge in [-0.15, -0.1) is 0 Å². The highest BCUT2D eigenvalue weighted by Crippen LogP contribution is 2.29. The Kier molecular flexibility index (Phi) is 9.70. The fourth-order valence-corrected chi connectivity index (χ4v) is 5.19. The number of nitrogens with one attached hydrogen (secondary N) is 3. The Labute approximate surface area is 223 Å². The smallest absolute Gasteiger partial charge is 0.317 e. The molecule has 0 aromatic heterocycles.